The van der Waals surface area contributed by atoms with E-state index < -0.39 is 5.41 Å². The van der Waals surface area contributed by atoms with Crippen LogP contribution >= 0.6 is 0 Å². The van der Waals surface area contributed by atoms with Crippen LogP contribution in [0.3, 0.4) is 0 Å². The average molecular weight is 199 g/mol. The molecule has 1 saturated heterocycles. The molecule has 0 aromatic carbocycles. The van der Waals surface area contributed by atoms with Gasteiger partial charge < -0.3 is 16.4 Å². The Morgan fingerprint density at radius 2 is 1.93 bits per heavy atom. The topological polar surface area (TPSA) is 72.3 Å². The number of likely N-dealkylation sites (tertiary alicyclic amines) is 1. The molecule has 0 spiro atoms. The van der Waals surface area contributed by atoms with Crippen LogP contribution in [0.2, 0.25) is 0 Å². The number of primary amides is 1. The predicted octanol–water partition coefficient (Wildman–Crippen LogP) is -0.0790. The van der Waals surface area contributed by atoms with Crippen LogP contribution in [-0.2, 0) is 4.79 Å². The van der Waals surface area contributed by atoms with Crippen LogP contribution in [0.5, 0.6) is 0 Å². The van der Waals surface area contributed by atoms with Crippen molar-refractivity contribution >= 4 is 5.91 Å². The summed E-state index contributed by atoms with van der Waals surface area (Å²) < 4.78 is 0. The van der Waals surface area contributed by atoms with Crippen molar-refractivity contribution < 1.29 is 4.79 Å². The first-order chi connectivity index (χ1) is 6.52. The fourth-order valence-corrected chi connectivity index (χ4v) is 2.02. The summed E-state index contributed by atoms with van der Waals surface area (Å²) in [6.45, 7) is 6.57. The molecule has 0 aliphatic carbocycles. The summed E-state index contributed by atoms with van der Waals surface area (Å²) in [6.07, 6.45) is 1.61. The van der Waals surface area contributed by atoms with Crippen LogP contribution < -0.4 is 11.5 Å². The highest BCUT2D eigenvalue weighted by atomic mass is 16.1. The minimum absolute atomic E-state index is 0.233. The minimum Gasteiger partial charge on any atom is -0.369 e. The van der Waals surface area contributed by atoms with Gasteiger partial charge in [-0.25, -0.2) is 0 Å². The first-order valence-electron chi connectivity index (χ1n) is 5.26. The molecule has 0 saturated carbocycles. The molecule has 1 rings (SSSR count). The van der Waals surface area contributed by atoms with Crippen LogP contribution in [0.15, 0.2) is 0 Å². The Morgan fingerprint density at radius 1 is 1.43 bits per heavy atom. The highest BCUT2D eigenvalue weighted by molar-refractivity contribution is 5.81. The van der Waals surface area contributed by atoms with Crippen molar-refractivity contribution in [1.29, 1.82) is 0 Å². The Morgan fingerprint density at radius 3 is 2.21 bits per heavy atom. The molecule has 4 heteroatoms. The zero-order chi connectivity index (χ0) is 10.8. The second-order valence-electron chi connectivity index (χ2n) is 4.48. The Kier molecular flexibility index (Phi) is 3.50. The van der Waals surface area contributed by atoms with Gasteiger partial charge in [-0.05, 0) is 39.8 Å². The number of carbonyl (C=O) groups is 1. The third kappa shape index (κ3) is 2.07. The van der Waals surface area contributed by atoms with Gasteiger partial charge in [0.15, 0.2) is 0 Å². The van der Waals surface area contributed by atoms with E-state index in [1.54, 1.807) is 0 Å². The fourth-order valence-electron chi connectivity index (χ4n) is 2.02. The highest BCUT2D eigenvalue weighted by Gasteiger charge is 2.38. The van der Waals surface area contributed by atoms with Gasteiger partial charge in [0.2, 0.25) is 5.91 Å². The predicted molar refractivity (Wildman–Crippen MR) is 56.6 cm³/mol. The van der Waals surface area contributed by atoms with E-state index in [0.29, 0.717) is 12.6 Å². The van der Waals surface area contributed by atoms with Crippen molar-refractivity contribution in [1.82, 2.24) is 4.90 Å². The summed E-state index contributed by atoms with van der Waals surface area (Å²) in [5.74, 6) is -0.233. The summed E-state index contributed by atoms with van der Waals surface area (Å²) in [4.78, 5) is 13.7. The van der Waals surface area contributed by atoms with Gasteiger partial charge in [-0.2, -0.15) is 0 Å². The molecule has 1 aliphatic heterocycles. The number of hydrogen-bond acceptors (Lipinski definition) is 3. The van der Waals surface area contributed by atoms with Gasteiger partial charge in [0.25, 0.3) is 0 Å². The number of nitrogens with zero attached hydrogens (tertiary/aromatic N) is 1. The lowest BCUT2D eigenvalue weighted by atomic mass is 9.77. The lowest BCUT2D eigenvalue weighted by Crippen LogP contribution is -2.52. The Hall–Kier alpha value is -0.610. The van der Waals surface area contributed by atoms with Gasteiger partial charge >= 0.3 is 0 Å². The summed E-state index contributed by atoms with van der Waals surface area (Å²) >= 11 is 0. The molecule has 82 valence electrons. The maximum atomic E-state index is 11.3. The molecule has 0 bridgehead atoms. The van der Waals surface area contributed by atoms with Crippen molar-refractivity contribution in [3.63, 3.8) is 0 Å². The second-order valence-corrected chi connectivity index (χ2v) is 4.48. The number of amides is 1. The SMILES string of the molecule is CC(C)N1CCC(CN)(C(N)=O)CC1. The van der Waals surface area contributed by atoms with Crippen LogP contribution in [0.1, 0.15) is 26.7 Å². The normalized spacial score (nSPS) is 22.6. The van der Waals surface area contributed by atoms with Gasteiger partial charge in [-0.1, -0.05) is 0 Å². The maximum absolute atomic E-state index is 11.3. The second kappa shape index (κ2) is 4.28. The largest absolute Gasteiger partial charge is 0.369 e. The fraction of sp³-hybridized carbons (Fsp3) is 0.900. The summed E-state index contributed by atoms with van der Waals surface area (Å²) in [5, 5.41) is 0. The number of piperidine rings is 1. The lowest BCUT2D eigenvalue weighted by molar-refractivity contribution is -0.130. The average Bonchev–Trinajstić information content (AvgIpc) is 2.17. The van der Waals surface area contributed by atoms with Crippen LogP contribution in [-0.4, -0.2) is 36.5 Å². The van der Waals surface area contributed by atoms with Crippen molar-refractivity contribution in [2.24, 2.45) is 16.9 Å². The number of carbonyl (C=O) groups excluding carboxylic acids is 1. The maximum Gasteiger partial charge on any atom is 0.225 e. The Balaban J connectivity index is 2.59. The molecule has 0 aromatic rings. The molecular weight excluding hydrogens is 178 g/mol. The molecule has 0 unspecified atom stereocenters. The summed E-state index contributed by atoms with van der Waals surface area (Å²) in [6, 6.07) is 0.540. The van der Waals surface area contributed by atoms with Crippen molar-refractivity contribution in [3.8, 4) is 0 Å². The van der Waals surface area contributed by atoms with Gasteiger partial charge in [0.05, 0.1) is 5.41 Å². The zero-order valence-corrected chi connectivity index (χ0v) is 9.12. The molecular formula is C10H21N3O. The first kappa shape index (κ1) is 11.5. The van der Waals surface area contributed by atoms with E-state index in [1.165, 1.54) is 0 Å². The number of hydrogen-bond donors (Lipinski definition) is 2. The van der Waals surface area contributed by atoms with Crippen molar-refractivity contribution in [2.75, 3.05) is 19.6 Å². The third-order valence-corrected chi connectivity index (χ3v) is 3.40. The van der Waals surface area contributed by atoms with Gasteiger partial charge in [-0.15, -0.1) is 0 Å². The molecule has 1 aliphatic rings. The quantitative estimate of drug-likeness (QED) is 0.668. The zero-order valence-electron chi connectivity index (χ0n) is 9.12. The number of nitrogens with two attached hydrogens (primary N) is 2. The van der Waals surface area contributed by atoms with E-state index >= 15 is 0 Å². The third-order valence-electron chi connectivity index (χ3n) is 3.40. The van der Waals surface area contributed by atoms with E-state index in [-0.39, 0.29) is 5.91 Å². The van der Waals surface area contributed by atoms with Crippen LogP contribution in [0.25, 0.3) is 0 Å². The summed E-state index contributed by atoms with van der Waals surface area (Å²) in [7, 11) is 0. The van der Waals surface area contributed by atoms with Gasteiger partial charge in [0.1, 0.15) is 0 Å². The van der Waals surface area contributed by atoms with Crippen LogP contribution in [0, 0.1) is 5.41 Å². The molecule has 4 nitrogen and oxygen atoms in total. The lowest BCUT2D eigenvalue weighted by Gasteiger charge is -2.40. The Labute approximate surface area is 85.6 Å². The molecule has 0 aromatic heterocycles. The smallest absolute Gasteiger partial charge is 0.225 e. The number of rotatable bonds is 3. The standard InChI is InChI=1S/C10H21N3O/c1-8(2)13-5-3-10(7-11,4-6-13)9(12)14/h8H,3-7,11H2,1-2H3,(H2,12,14). The van der Waals surface area contributed by atoms with E-state index in [9.17, 15) is 4.79 Å². The first-order valence-corrected chi connectivity index (χ1v) is 5.26. The van der Waals surface area contributed by atoms with Gasteiger partial charge in [-0.3, -0.25) is 4.79 Å². The Bertz CT molecular complexity index is 207. The molecule has 1 amide bonds. The molecule has 1 fully saturated rings. The molecule has 4 N–H and O–H groups in total. The van der Waals surface area contributed by atoms with E-state index in [1.807, 2.05) is 0 Å². The van der Waals surface area contributed by atoms with E-state index in [0.717, 1.165) is 25.9 Å². The van der Waals surface area contributed by atoms with Crippen LogP contribution in [0.4, 0.5) is 0 Å². The highest BCUT2D eigenvalue weighted by Crippen LogP contribution is 2.30. The minimum atomic E-state index is -0.439. The molecule has 0 atom stereocenters. The summed E-state index contributed by atoms with van der Waals surface area (Å²) in [5.41, 5.74) is 10.6. The molecule has 14 heavy (non-hydrogen) atoms. The molecule has 0 radical (unpaired) electrons. The van der Waals surface area contributed by atoms with Gasteiger partial charge in [0, 0.05) is 12.6 Å². The van der Waals surface area contributed by atoms with Crippen molar-refractivity contribution in [2.45, 2.75) is 32.7 Å². The molecule has 1 heterocycles. The monoisotopic (exact) mass is 199 g/mol. The van der Waals surface area contributed by atoms with E-state index in [4.69, 9.17) is 11.5 Å². The van der Waals surface area contributed by atoms with Crippen molar-refractivity contribution in [3.05, 3.63) is 0 Å². The van der Waals surface area contributed by atoms with E-state index in [2.05, 4.69) is 18.7 Å².